The topological polar surface area (TPSA) is 69.6 Å². The van der Waals surface area contributed by atoms with Crippen molar-refractivity contribution in [3.8, 4) is 11.1 Å². The molecule has 0 bridgehead atoms. The van der Waals surface area contributed by atoms with Gasteiger partial charge >= 0.3 is 0 Å². The molecule has 4 atom stereocenters. The summed E-state index contributed by atoms with van der Waals surface area (Å²) in [6.45, 7) is 2.90. The third-order valence-corrected chi connectivity index (χ3v) is 6.30. The number of hydrogen-bond acceptors (Lipinski definition) is 3. The fourth-order valence-electron chi connectivity index (χ4n) is 4.78. The summed E-state index contributed by atoms with van der Waals surface area (Å²) in [5.41, 5.74) is 3.33. The lowest BCUT2D eigenvalue weighted by atomic mass is 9.77. The zero-order chi connectivity index (χ0) is 20.4. The second kappa shape index (κ2) is 8.37. The first-order valence-electron chi connectivity index (χ1n) is 10.4. The molecule has 2 aromatic carbocycles. The lowest BCUT2D eigenvalue weighted by Crippen LogP contribution is -2.48. The highest BCUT2D eigenvalue weighted by molar-refractivity contribution is 5.79. The van der Waals surface area contributed by atoms with Gasteiger partial charge in [0.2, 0.25) is 11.8 Å². The van der Waals surface area contributed by atoms with Crippen molar-refractivity contribution in [2.45, 2.75) is 38.3 Å². The van der Waals surface area contributed by atoms with Crippen molar-refractivity contribution in [2.24, 2.45) is 11.8 Å². The van der Waals surface area contributed by atoms with Crippen molar-refractivity contribution in [1.82, 2.24) is 10.2 Å². The molecule has 1 saturated carbocycles. The van der Waals surface area contributed by atoms with E-state index in [0.29, 0.717) is 37.8 Å². The summed E-state index contributed by atoms with van der Waals surface area (Å²) in [6.07, 6.45) is 1.25. The molecule has 0 aromatic heterocycles. The van der Waals surface area contributed by atoms with Crippen LogP contribution in [0.15, 0.2) is 54.6 Å². The number of likely N-dealkylation sites (tertiary alicyclic amines) is 1. The Labute approximate surface area is 171 Å². The van der Waals surface area contributed by atoms with Gasteiger partial charge in [-0.2, -0.15) is 0 Å². The Morgan fingerprint density at radius 3 is 2.24 bits per heavy atom. The lowest BCUT2D eigenvalue weighted by molar-refractivity contribution is -0.129. The van der Waals surface area contributed by atoms with E-state index in [0.717, 1.165) is 17.5 Å². The van der Waals surface area contributed by atoms with Gasteiger partial charge in [-0.3, -0.25) is 9.59 Å². The number of rotatable bonds is 4. The molecule has 152 valence electrons. The average molecular weight is 392 g/mol. The summed E-state index contributed by atoms with van der Waals surface area (Å²) in [5.74, 6) is 0.689. The summed E-state index contributed by atoms with van der Waals surface area (Å²) >= 11 is 0. The summed E-state index contributed by atoms with van der Waals surface area (Å²) < 4.78 is 0. The van der Waals surface area contributed by atoms with Gasteiger partial charge < -0.3 is 15.3 Å². The van der Waals surface area contributed by atoms with Gasteiger partial charge in [-0.15, -0.1) is 0 Å². The molecule has 1 aliphatic heterocycles. The van der Waals surface area contributed by atoms with E-state index in [9.17, 15) is 14.7 Å². The van der Waals surface area contributed by atoms with Gasteiger partial charge in [-0.25, -0.2) is 0 Å². The molecule has 2 aliphatic rings. The number of benzene rings is 2. The Morgan fingerprint density at radius 2 is 1.59 bits per heavy atom. The van der Waals surface area contributed by atoms with E-state index in [1.165, 1.54) is 12.5 Å². The predicted molar refractivity (Wildman–Crippen MR) is 112 cm³/mol. The zero-order valence-corrected chi connectivity index (χ0v) is 16.8. The first kappa shape index (κ1) is 19.6. The minimum absolute atomic E-state index is 0.114. The van der Waals surface area contributed by atoms with Crippen LogP contribution < -0.4 is 5.32 Å². The third kappa shape index (κ3) is 4.51. The van der Waals surface area contributed by atoms with Crippen molar-refractivity contribution in [2.75, 3.05) is 13.1 Å². The monoisotopic (exact) mass is 392 g/mol. The number of aliphatic hydroxyl groups excluding tert-OH is 1. The van der Waals surface area contributed by atoms with Crippen molar-refractivity contribution in [3.05, 3.63) is 60.2 Å². The van der Waals surface area contributed by atoms with Crippen LogP contribution in [-0.4, -0.2) is 47.1 Å². The summed E-state index contributed by atoms with van der Waals surface area (Å²) in [4.78, 5) is 26.1. The van der Waals surface area contributed by atoms with Crippen LogP contribution in [0.25, 0.3) is 11.1 Å². The van der Waals surface area contributed by atoms with Crippen LogP contribution in [-0.2, 0) is 16.0 Å². The quantitative estimate of drug-likeness (QED) is 0.840. The lowest BCUT2D eigenvalue weighted by Gasteiger charge is -2.35. The van der Waals surface area contributed by atoms with E-state index in [1.807, 2.05) is 35.2 Å². The molecule has 4 rings (SSSR count). The van der Waals surface area contributed by atoms with Crippen LogP contribution in [0.5, 0.6) is 0 Å². The summed E-state index contributed by atoms with van der Waals surface area (Å²) in [5, 5.41) is 13.2. The number of hydrogen-bond donors (Lipinski definition) is 2. The van der Waals surface area contributed by atoms with E-state index < -0.39 is 6.10 Å². The Hall–Kier alpha value is -2.66. The maximum atomic E-state index is 12.8. The Morgan fingerprint density at radius 1 is 0.966 bits per heavy atom. The Balaban J connectivity index is 1.36. The molecular formula is C24H28N2O3. The number of carbonyl (C=O) groups excluding carboxylic acids is 2. The predicted octanol–water partition coefficient (Wildman–Crippen LogP) is 2.63. The second-order valence-electron chi connectivity index (χ2n) is 8.40. The normalized spacial score (nSPS) is 26.1. The molecule has 5 heteroatoms. The Kier molecular flexibility index (Phi) is 5.67. The van der Waals surface area contributed by atoms with E-state index in [1.54, 1.807) is 0 Å². The highest BCUT2D eigenvalue weighted by Gasteiger charge is 2.43. The second-order valence-corrected chi connectivity index (χ2v) is 8.40. The fraction of sp³-hybridized carbons (Fsp3) is 0.417. The van der Waals surface area contributed by atoms with Crippen molar-refractivity contribution >= 4 is 11.8 Å². The van der Waals surface area contributed by atoms with Crippen molar-refractivity contribution < 1.29 is 14.7 Å². The zero-order valence-electron chi connectivity index (χ0n) is 16.8. The van der Waals surface area contributed by atoms with Crippen LogP contribution in [0.3, 0.4) is 0 Å². The first-order valence-corrected chi connectivity index (χ1v) is 10.4. The van der Waals surface area contributed by atoms with Crippen LogP contribution in [0, 0.1) is 11.8 Å². The molecule has 0 unspecified atom stereocenters. The molecule has 1 saturated heterocycles. The number of nitrogens with one attached hydrogen (secondary N) is 1. The molecule has 0 radical (unpaired) electrons. The maximum Gasteiger partial charge on any atom is 0.227 e. The van der Waals surface area contributed by atoms with Crippen molar-refractivity contribution in [1.29, 1.82) is 0 Å². The number of amides is 2. The smallest absolute Gasteiger partial charge is 0.227 e. The molecule has 2 aromatic rings. The molecule has 5 nitrogen and oxygen atoms in total. The third-order valence-electron chi connectivity index (χ3n) is 6.30. The summed E-state index contributed by atoms with van der Waals surface area (Å²) in [6, 6.07) is 18.2. The van der Waals surface area contributed by atoms with E-state index in [4.69, 9.17) is 0 Å². The van der Waals surface area contributed by atoms with Crippen molar-refractivity contribution in [3.63, 3.8) is 0 Å². The van der Waals surface area contributed by atoms with Gasteiger partial charge in [-0.1, -0.05) is 54.6 Å². The van der Waals surface area contributed by atoms with Crippen LogP contribution in [0.1, 0.15) is 25.3 Å². The standard InChI is InChI=1S/C24H28N2O3/c1-16(27)25-22-12-20-14-26(15-21(20)13-23(22)28)24(29)11-17-7-9-19(10-8-17)18-5-3-2-4-6-18/h2-10,20-23,28H,11-15H2,1H3,(H,25,27)/t20-,21+,22-,23-/m1/s1. The van der Waals surface area contributed by atoms with Gasteiger partial charge in [0.05, 0.1) is 18.6 Å². The van der Waals surface area contributed by atoms with Gasteiger partial charge in [0.25, 0.3) is 0 Å². The minimum Gasteiger partial charge on any atom is -0.391 e. The Bertz CT molecular complexity index is 865. The van der Waals surface area contributed by atoms with Gasteiger partial charge in [-0.05, 0) is 41.4 Å². The molecule has 2 fully saturated rings. The number of carbonyl (C=O) groups is 2. The highest BCUT2D eigenvalue weighted by atomic mass is 16.3. The molecule has 2 N–H and O–H groups in total. The number of fused-ring (bicyclic) bond motifs is 1. The van der Waals surface area contributed by atoms with Gasteiger partial charge in [0, 0.05) is 20.0 Å². The van der Waals surface area contributed by atoms with E-state index >= 15 is 0 Å². The summed E-state index contributed by atoms with van der Waals surface area (Å²) in [7, 11) is 0. The van der Waals surface area contributed by atoms with Crippen LogP contribution >= 0.6 is 0 Å². The van der Waals surface area contributed by atoms with E-state index in [-0.39, 0.29) is 17.9 Å². The molecule has 1 heterocycles. The molecule has 2 amide bonds. The fourth-order valence-corrected chi connectivity index (χ4v) is 4.78. The van der Waals surface area contributed by atoms with Crippen LogP contribution in [0.4, 0.5) is 0 Å². The van der Waals surface area contributed by atoms with Gasteiger partial charge in [0.15, 0.2) is 0 Å². The molecule has 0 spiro atoms. The van der Waals surface area contributed by atoms with Gasteiger partial charge in [0.1, 0.15) is 0 Å². The first-order chi connectivity index (χ1) is 14.0. The maximum absolute atomic E-state index is 12.8. The SMILES string of the molecule is CC(=O)N[C@@H]1C[C@@H]2CN(C(=O)Cc3ccc(-c4ccccc4)cc3)C[C@@H]2C[C@H]1O. The number of nitrogens with zero attached hydrogens (tertiary/aromatic N) is 1. The highest BCUT2D eigenvalue weighted by Crippen LogP contribution is 2.36. The largest absolute Gasteiger partial charge is 0.391 e. The number of aliphatic hydroxyl groups is 1. The van der Waals surface area contributed by atoms with E-state index in [2.05, 4.69) is 29.6 Å². The minimum atomic E-state index is -0.527. The molecular weight excluding hydrogens is 364 g/mol. The average Bonchev–Trinajstić information content (AvgIpc) is 3.12. The molecule has 1 aliphatic carbocycles. The van der Waals surface area contributed by atoms with Crippen LogP contribution in [0.2, 0.25) is 0 Å². The molecule has 29 heavy (non-hydrogen) atoms.